The van der Waals surface area contributed by atoms with E-state index in [0.717, 1.165) is 37.7 Å². The molecule has 1 heterocycles. The Morgan fingerprint density at radius 2 is 1.64 bits per heavy atom. The van der Waals surface area contributed by atoms with Crippen LogP contribution in [-0.4, -0.2) is 64.1 Å². The number of hydrogen-bond acceptors (Lipinski definition) is 5. The van der Waals surface area contributed by atoms with Crippen LogP contribution in [0.5, 0.6) is 0 Å². The molecule has 2 fully saturated rings. The number of benzene rings is 2. The van der Waals surface area contributed by atoms with Gasteiger partial charge in [0.25, 0.3) is 11.8 Å². The van der Waals surface area contributed by atoms with Crippen molar-refractivity contribution in [3.8, 4) is 0 Å². The molecule has 3 amide bonds. The van der Waals surface area contributed by atoms with Crippen LogP contribution in [0.15, 0.2) is 48.5 Å². The topological polar surface area (TPSA) is 116 Å². The van der Waals surface area contributed by atoms with Crippen LogP contribution < -0.4 is 5.32 Å². The normalized spacial score (nSPS) is 18.5. The van der Waals surface area contributed by atoms with Crippen molar-refractivity contribution >= 4 is 47.1 Å². The third-order valence-corrected chi connectivity index (χ3v) is 7.95. The molecule has 2 aromatic carbocycles. The molecule has 0 bridgehead atoms. The average molecular weight is 576 g/mol. The molecule has 1 saturated carbocycles. The molecule has 39 heavy (non-hydrogen) atoms. The van der Waals surface area contributed by atoms with Crippen LogP contribution in [0.25, 0.3) is 0 Å². The molecular formula is C28H31Cl2N3O6. The first-order valence-corrected chi connectivity index (χ1v) is 13.8. The van der Waals surface area contributed by atoms with Crippen molar-refractivity contribution < 1.29 is 29.0 Å². The van der Waals surface area contributed by atoms with Crippen molar-refractivity contribution in [2.24, 2.45) is 5.92 Å². The molecule has 1 saturated heterocycles. The fourth-order valence-corrected chi connectivity index (χ4v) is 5.53. The molecule has 4 rings (SSSR count). The number of nitrogens with one attached hydrogen (secondary N) is 1. The third-order valence-electron chi connectivity index (χ3n) is 7.21. The molecule has 0 radical (unpaired) electrons. The Kier molecular flexibility index (Phi) is 9.69. The molecule has 1 aliphatic carbocycles. The number of carbonyl (C=O) groups is 4. The number of rotatable bonds is 8. The summed E-state index contributed by atoms with van der Waals surface area (Å²) in [6.45, 7) is 0.130. The van der Waals surface area contributed by atoms with Crippen molar-refractivity contribution in [3.63, 3.8) is 0 Å². The van der Waals surface area contributed by atoms with E-state index < -0.39 is 36.1 Å². The van der Waals surface area contributed by atoms with E-state index in [1.54, 1.807) is 0 Å². The van der Waals surface area contributed by atoms with Crippen LogP contribution in [-0.2, 0) is 20.9 Å². The number of ether oxygens (including phenoxy) is 1. The number of nitrogens with zero attached hydrogens (tertiary/aromatic N) is 2. The first kappa shape index (κ1) is 28.7. The number of hydrogen-bond donors (Lipinski definition) is 2. The summed E-state index contributed by atoms with van der Waals surface area (Å²) < 4.78 is 5.48. The number of aliphatic carboxylic acids is 1. The van der Waals surface area contributed by atoms with Gasteiger partial charge in [0, 0.05) is 24.7 Å². The zero-order chi connectivity index (χ0) is 27.9. The van der Waals surface area contributed by atoms with Gasteiger partial charge in [-0.2, -0.15) is 0 Å². The van der Waals surface area contributed by atoms with E-state index in [1.807, 2.05) is 30.3 Å². The maximum absolute atomic E-state index is 13.7. The molecule has 2 unspecified atom stereocenters. The van der Waals surface area contributed by atoms with E-state index in [1.165, 1.54) is 28.0 Å². The molecule has 2 N–H and O–H groups in total. The minimum absolute atomic E-state index is 0.00194. The summed E-state index contributed by atoms with van der Waals surface area (Å²) >= 11 is 12.1. The maximum Gasteiger partial charge on any atom is 0.412 e. The maximum atomic E-state index is 13.7. The van der Waals surface area contributed by atoms with Crippen LogP contribution >= 0.6 is 23.2 Å². The fraction of sp³-hybridized carbons (Fsp3) is 0.429. The summed E-state index contributed by atoms with van der Waals surface area (Å²) in [5, 5.41) is 12.8. The van der Waals surface area contributed by atoms with Gasteiger partial charge in [0.05, 0.1) is 16.5 Å². The minimum Gasteiger partial charge on any atom is -0.481 e. The summed E-state index contributed by atoms with van der Waals surface area (Å²) in [5.41, 5.74) is 0.977. The summed E-state index contributed by atoms with van der Waals surface area (Å²) in [6.07, 6.45) is 2.27. The summed E-state index contributed by atoms with van der Waals surface area (Å²) in [6, 6.07) is 12.9. The van der Waals surface area contributed by atoms with Crippen molar-refractivity contribution in [1.29, 1.82) is 0 Å². The van der Waals surface area contributed by atoms with Gasteiger partial charge in [0.1, 0.15) is 6.61 Å². The Morgan fingerprint density at radius 3 is 2.31 bits per heavy atom. The van der Waals surface area contributed by atoms with Crippen LogP contribution in [0, 0.1) is 5.92 Å². The van der Waals surface area contributed by atoms with E-state index in [2.05, 4.69) is 5.32 Å². The Balaban J connectivity index is 1.58. The molecule has 2 atom stereocenters. The minimum atomic E-state index is -1.32. The van der Waals surface area contributed by atoms with Crippen molar-refractivity contribution in [3.05, 3.63) is 69.7 Å². The molecular weight excluding hydrogens is 545 g/mol. The monoisotopic (exact) mass is 575 g/mol. The standard InChI is InChI=1S/C28H31Cl2N3O6/c29-21-12-11-20(15-22(21)30)27(37)32-13-14-33(28(38)39-17-18-7-3-1-4-8-18)26(32)25(36)31-23(16-24(34)35)19-9-5-2-6-10-19/h1,3-4,7-8,11-12,15,19,23,26H,2,5-6,9-10,13-14,16-17H2,(H,31,36)(H,34,35). The highest BCUT2D eigenvalue weighted by atomic mass is 35.5. The quantitative estimate of drug-likeness (QED) is 0.459. The highest BCUT2D eigenvalue weighted by molar-refractivity contribution is 6.42. The van der Waals surface area contributed by atoms with Gasteiger partial charge < -0.3 is 20.1 Å². The molecule has 2 aliphatic rings. The Hall–Kier alpha value is -3.30. The van der Waals surface area contributed by atoms with Gasteiger partial charge in [-0.05, 0) is 42.5 Å². The lowest BCUT2D eigenvalue weighted by Gasteiger charge is -2.34. The predicted octanol–water partition coefficient (Wildman–Crippen LogP) is 4.95. The number of carboxylic acids is 1. The van der Waals surface area contributed by atoms with Gasteiger partial charge in [-0.25, -0.2) is 4.79 Å². The van der Waals surface area contributed by atoms with Crippen LogP contribution in [0.4, 0.5) is 4.79 Å². The SMILES string of the molecule is O=C(O)CC(NC(=O)C1N(C(=O)OCc2ccccc2)CCN1C(=O)c1ccc(Cl)c(Cl)c1)C1CCCCC1. The third kappa shape index (κ3) is 7.22. The lowest BCUT2D eigenvalue weighted by Crippen LogP contribution is -2.57. The molecule has 0 aromatic heterocycles. The van der Waals surface area contributed by atoms with Gasteiger partial charge in [0.2, 0.25) is 0 Å². The largest absolute Gasteiger partial charge is 0.481 e. The van der Waals surface area contributed by atoms with Crippen LogP contribution in [0.2, 0.25) is 10.0 Å². The summed E-state index contributed by atoms with van der Waals surface area (Å²) in [7, 11) is 0. The van der Waals surface area contributed by atoms with Crippen LogP contribution in [0.1, 0.15) is 54.4 Å². The zero-order valence-electron chi connectivity index (χ0n) is 21.4. The Labute approximate surface area is 237 Å². The summed E-state index contributed by atoms with van der Waals surface area (Å²) in [5.74, 6) is -2.17. The van der Waals surface area contributed by atoms with E-state index >= 15 is 0 Å². The van der Waals surface area contributed by atoms with Crippen molar-refractivity contribution in [2.75, 3.05) is 13.1 Å². The Morgan fingerprint density at radius 1 is 0.949 bits per heavy atom. The summed E-state index contributed by atoms with van der Waals surface area (Å²) in [4.78, 5) is 54.5. The first-order chi connectivity index (χ1) is 18.7. The van der Waals surface area contributed by atoms with Gasteiger partial charge in [0.15, 0.2) is 6.17 Å². The lowest BCUT2D eigenvalue weighted by atomic mass is 9.82. The van der Waals surface area contributed by atoms with E-state index in [0.29, 0.717) is 0 Å². The van der Waals surface area contributed by atoms with E-state index in [-0.39, 0.29) is 47.6 Å². The molecule has 9 nitrogen and oxygen atoms in total. The zero-order valence-corrected chi connectivity index (χ0v) is 22.9. The molecule has 11 heteroatoms. The second kappa shape index (κ2) is 13.2. The van der Waals surface area contributed by atoms with E-state index in [9.17, 15) is 24.3 Å². The highest BCUT2D eigenvalue weighted by Crippen LogP contribution is 2.29. The Bertz CT molecular complexity index is 1210. The highest BCUT2D eigenvalue weighted by Gasteiger charge is 2.45. The van der Waals surface area contributed by atoms with Gasteiger partial charge in [-0.15, -0.1) is 0 Å². The fourth-order valence-electron chi connectivity index (χ4n) is 5.23. The lowest BCUT2D eigenvalue weighted by molar-refractivity contribution is -0.138. The van der Waals surface area contributed by atoms with Crippen molar-refractivity contribution in [1.82, 2.24) is 15.1 Å². The average Bonchev–Trinajstić information content (AvgIpc) is 3.39. The predicted molar refractivity (Wildman–Crippen MR) is 145 cm³/mol. The van der Waals surface area contributed by atoms with Crippen molar-refractivity contribution in [2.45, 2.75) is 57.3 Å². The van der Waals surface area contributed by atoms with Gasteiger partial charge >= 0.3 is 12.1 Å². The van der Waals surface area contributed by atoms with Crippen LogP contribution in [0.3, 0.4) is 0 Å². The molecule has 0 spiro atoms. The second-order valence-corrected chi connectivity index (χ2v) is 10.7. The molecule has 1 aliphatic heterocycles. The molecule has 208 valence electrons. The van der Waals surface area contributed by atoms with E-state index in [4.69, 9.17) is 27.9 Å². The number of carboxylic acid groups (broad SMARTS) is 1. The number of amides is 3. The molecule has 2 aromatic rings. The second-order valence-electron chi connectivity index (χ2n) is 9.85. The number of carbonyl (C=O) groups excluding carboxylic acids is 3. The smallest absolute Gasteiger partial charge is 0.412 e. The van der Waals surface area contributed by atoms with Gasteiger partial charge in [-0.1, -0.05) is 72.8 Å². The first-order valence-electron chi connectivity index (χ1n) is 13.0. The number of halogens is 2. The van der Waals surface area contributed by atoms with Gasteiger partial charge in [-0.3, -0.25) is 19.3 Å².